The number of amides is 1. The van der Waals surface area contributed by atoms with E-state index in [1.165, 1.54) is 19.1 Å². The molecule has 0 radical (unpaired) electrons. The number of ether oxygens (including phenoxy) is 2. The second-order valence-electron chi connectivity index (χ2n) is 10.4. The van der Waals surface area contributed by atoms with Crippen LogP contribution < -0.4 is 10.1 Å². The van der Waals surface area contributed by atoms with E-state index in [2.05, 4.69) is 79.1 Å². The Kier molecular flexibility index (Phi) is 19.7. The Morgan fingerprint density at radius 2 is 1.35 bits per heavy atom. The van der Waals surface area contributed by atoms with Crippen molar-refractivity contribution >= 4 is 11.9 Å². The summed E-state index contributed by atoms with van der Waals surface area (Å²) < 4.78 is 38.5. The minimum atomic E-state index is -0.696. The molecule has 46 heavy (non-hydrogen) atoms. The van der Waals surface area contributed by atoms with Gasteiger partial charge in [-0.25, -0.2) is 8.78 Å². The molecule has 0 saturated heterocycles. The van der Waals surface area contributed by atoms with Gasteiger partial charge in [0.25, 0.3) is 0 Å². The van der Waals surface area contributed by atoms with Crippen molar-refractivity contribution in [3.8, 4) is 16.9 Å². The van der Waals surface area contributed by atoms with Crippen molar-refractivity contribution in [3.63, 3.8) is 0 Å². The molecule has 0 fully saturated rings. The fourth-order valence-corrected chi connectivity index (χ4v) is 4.22. The number of allylic oxidation sites excluding steroid dienone is 12. The van der Waals surface area contributed by atoms with Gasteiger partial charge in [0.15, 0.2) is 0 Å². The van der Waals surface area contributed by atoms with E-state index < -0.39 is 17.6 Å². The molecular weight excluding hydrogens is 584 g/mol. The molecule has 246 valence electrons. The van der Waals surface area contributed by atoms with Crippen LogP contribution in [-0.4, -0.2) is 25.0 Å². The Morgan fingerprint density at radius 1 is 0.761 bits per heavy atom. The Labute approximate surface area is 273 Å². The number of carbonyl (C=O) groups is 2. The predicted molar refractivity (Wildman–Crippen MR) is 183 cm³/mol. The molecule has 1 N–H and O–H groups in total. The van der Waals surface area contributed by atoms with Gasteiger partial charge in [0.1, 0.15) is 17.4 Å². The first-order valence-corrected chi connectivity index (χ1v) is 15.9. The van der Waals surface area contributed by atoms with Crippen molar-refractivity contribution in [3.05, 3.63) is 127 Å². The molecule has 0 saturated carbocycles. The zero-order valence-electron chi connectivity index (χ0n) is 27.1. The lowest BCUT2D eigenvalue weighted by molar-refractivity contribution is -0.132. The van der Waals surface area contributed by atoms with Crippen molar-refractivity contribution in [2.24, 2.45) is 0 Å². The third-order valence-electron chi connectivity index (χ3n) is 6.52. The molecule has 0 unspecified atom stereocenters. The third kappa shape index (κ3) is 17.2. The van der Waals surface area contributed by atoms with Gasteiger partial charge in [-0.15, -0.1) is 0 Å². The monoisotopic (exact) mass is 631 g/mol. The highest BCUT2D eigenvalue weighted by atomic mass is 19.1. The first-order chi connectivity index (χ1) is 22.4. The quantitative estimate of drug-likeness (QED) is 0.0645. The zero-order valence-corrected chi connectivity index (χ0v) is 27.1. The number of rotatable bonds is 21. The van der Waals surface area contributed by atoms with Crippen LogP contribution in [0, 0.1) is 11.6 Å². The van der Waals surface area contributed by atoms with Gasteiger partial charge in [0.2, 0.25) is 5.91 Å². The van der Waals surface area contributed by atoms with Gasteiger partial charge in [-0.3, -0.25) is 9.59 Å². The van der Waals surface area contributed by atoms with Crippen molar-refractivity contribution < 1.29 is 27.8 Å². The molecule has 0 aliphatic carbocycles. The van der Waals surface area contributed by atoms with Gasteiger partial charge in [0, 0.05) is 37.1 Å². The lowest BCUT2D eigenvalue weighted by Gasteiger charge is -2.13. The molecule has 0 spiro atoms. The normalized spacial score (nSPS) is 12.2. The van der Waals surface area contributed by atoms with Crippen molar-refractivity contribution in [2.45, 2.75) is 71.8 Å². The first kappa shape index (κ1) is 37.8. The standard InChI is InChI=1S/C39H47F2NO4/c1-3-4-5-6-7-8-9-10-11-12-13-14-15-16-17-18-19-20-21-22-39(44)42-27-28-45-31-34-29-33(23-26-38(34)46-32(2)43)36-25-24-35(40)30-37(36)41/h4-5,7-8,10-11,13-14,16-17,19-20,23-26,29-30H,3,6,9,12,15,18,21-22,27-28,31H2,1-2H3,(H,42,44)/b5-4-,8-7-,11-10-,14-13-,17-16-,20-19-. The van der Waals surface area contributed by atoms with E-state index in [0.717, 1.165) is 44.6 Å². The molecule has 2 rings (SSSR count). The number of esters is 1. The molecule has 2 aromatic carbocycles. The maximum Gasteiger partial charge on any atom is 0.308 e. The van der Waals surface area contributed by atoms with Crippen LogP contribution in [0.4, 0.5) is 8.78 Å². The van der Waals surface area contributed by atoms with Crippen molar-refractivity contribution in [1.29, 1.82) is 0 Å². The smallest absolute Gasteiger partial charge is 0.308 e. The first-order valence-electron chi connectivity index (χ1n) is 15.9. The molecule has 0 aliphatic heterocycles. The maximum absolute atomic E-state index is 14.3. The molecule has 0 aliphatic rings. The number of carbonyl (C=O) groups excluding carboxylic acids is 2. The summed E-state index contributed by atoms with van der Waals surface area (Å²) in [5.74, 6) is -1.64. The van der Waals surface area contributed by atoms with Gasteiger partial charge < -0.3 is 14.8 Å². The van der Waals surface area contributed by atoms with Crippen LogP contribution in [0.2, 0.25) is 0 Å². The van der Waals surface area contributed by atoms with Gasteiger partial charge in [-0.2, -0.15) is 0 Å². The van der Waals surface area contributed by atoms with E-state index in [4.69, 9.17) is 9.47 Å². The fourth-order valence-electron chi connectivity index (χ4n) is 4.22. The largest absolute Gasteiger partial charge is 0.426 e. The van der Waals surface area contributed by atoms with Gasteiger partial charge >= 0.3 is 5.97 Å². The minimum Gasteiger partial charge on any atom is -0.426 e. The molecule has 0 atom stereocenters. The van der Waals surface area contributed by atoms with Crippen molar-refractivity contribution in [1.82, 2.24) is 5.32 Å². The predicted octanol–water partition coefficient (Wildman–Crippen LogP) is 9.67. The SMILES string of the molecule is CC/C=C\C/C=C\C/C=C\C/C=C\C/C=C\C/C=C\CCC(=O)NCCOCc1cc(-c2ccc(F)cc2F)ccc1OC(C)=O. The summed E-state index contributed by atoms with van der Waals surface area (Å²) in [6, 6.07) is 8.13. The average molecular weight is 632 g/mol. The Hall–Kier alpha value is -4.36. The van der Waals surface area contributed by atoms with Crippen LogP contribution in [0.15, 0.2) is 109 Å². The van der Waals surface area contributed by atoms with Crippen molar-refractivity contribution in [2.75, 3.05) is 13.2 Å². The molecule has 7 heteroatoms. The van der Waals surface area contributed by atoms with Gasteiger partial charge in [-0.05, 0) is 74.8 Å². The summed E-state index contributed by atoms with van der Waals surface area (Å²) in [7, 11) is 0. The highest BCUT2D eigenvalue weighted by molar-refractivity contribution is 5.76. The van der Waals surface area contributed by atoms with E-state index in [0.29, 0.717) is 36.3 Å². The lowest BCUT2D eigenvalue weighted by Crippen LogP contribution is -2.26. The van der Waals surface area contributed by atoms with Crippen LogP contribution >= 0.6 is 0 Å². The van der Waals surface area contributed by atoms with Crippen LogP contribution in [0.25, 0.3) is 11.1 Å². The Morgan fingerprint density at radius 3 is 1.91 bits per heavy atom. The Bertz CT molecular complexity index is 1390. The average Bonchev–Trinajstić information content (AvgIpc) is 3.02. The lowest BCUT2D eigenvalue weighted by atomic mass is 10.0. The molecule has 5 nitrogen and oxygen atoms in total. The molecular formula is C39H47F2NO4. The number of hydrogen-bond acceptors (Lipinski definition) is 4. The zero-order chi connectivity index (χ0) is 33.2. The van der Waals surface area contributed by atoms with Crippen LogP contribution in [0.1, 0.15) is 70.8 Å². The second-order valence-corrected chi connectivity index (χ2v) is 10.4. The van der Waals surface area contributed by atoms with Gasteiger partial charge in [0.05, 0.1) is 13.2 Å². The van der Waals surface area contributed by atoms with Crippen LogP contribution in [0.5, 0.6) is 5.75 Å². The minimum absolute atomic E-state index is 0.0717. The van der Waals surface area contributed by atoms with Gasteiger partial charge in [-0.1, -0.05) is 85.9 Å². The summed E-state index contributed by atoms with van der Waals surface area (Å²) in [5.41, 5.74) is 1.24. The number of nitrogens with one attached hydrogen (secondary N) is 1. The molecule has 0 heterocycles. The Balaban J connectivity index is 1.59. The molecule has 0 bridgehead atoms. The van der Waals surface area contributed by atoms with E-state index in [1.807, 2.05) is 6.08 Å². The van der Waals surface area contributed by atoms with Crippen LogP contribution in [0.3, 0.4) is 0 Å². The summed E-state index contributed by atoms with van der Waals surface area (Å²) in [6.45, 7) is 4.06. The summed E-state index contributed by atoms with van der Waals surface area (Å²) in [5, 5.41) is 2.82. The summed E-state index contributed by atoms with van der Waals surface area (Å²) in [6.07, 6.45) is 32.5. The topological polar surface area (TPSA) is 64.6 Å². The highest BCUT2D eigenvalue weighted by Gasteiger charge is 2.12. The third-order valence-corrected chi connectivity index (χ3v) is 6.52. The maximum atomic E-state index is 14.3. The van der Waals surface area contributed by atoms with E-state index >= 15 is 0 Å². The highest BCUT2D eigenvalue weighted by Crippen LogP contribution is 2.29. The number of hydrogen-bond donors (Lipinski definition) is 1. The summed E-state index contributed by atoms with van der Waals surface area (Å²) >= 11 is 0. The van der Waals surface area contributed by atoms with Crippen LogP contribution in [-0.2, 0) is 20.9 Å². The summed E-state index contributed by atoms with van der Waals surface area (Å²) in [4.78, 5) is 23.6. The molecule has 1 amide bonds. The molecule has 2 aromatic rings. The molecule has 0 aromatic heterocycles. The number of halogens is 2. The van der Waals surface area contributed by atoms with E-state index in [1.54, 1.807) is 18.2 Å². The second kappa shape index (κ2) is 23.9. The number of benzene rings is 2. The van der Waals surface area contributed by atoms with E-state index in [-0.39, 0.29) is 24.7 Å². The fraction of sp³-hybridized carbons (Fsp3) is 0.333. The van der Waals surface area contributed by atoms with E-state index in [9.17, 15) is 18.4 Å².